The highest BCUT2D eigenvalue weighted by atomic mass is 32.2. The van der Waals surface area contributed by atoms with Crippen molar-refractivity contribution in [3.63, 3.8) is 0 Å². The molecule has 3 nitrogen and oxygen atoms in total. The Morgan fingerprint density at radius 1 is 1.50 bits per heavy atom. The second kappa shape index (κ2) is 5.41. The van der Waals surface area contributed by atoms with Crippen LogP contribution in [0.2, 0.25) is 0 Å². The quantitative estimate of drug-likeness (QED) is 0.857. The standard InChI is InChI=1S/C14H25NO2S/c1-10(2)14(13(16)17)6-7-15(9-14)12-5-4-8-18-11(12)3/h10-12H,4-9H2,1-3H3,(H,16,17). The van der Waals surface area contributed by atoms with Gasteiger partial charge in [-0.15, -0.1) is 0 Å². The number of rotatable bonds is 3. The van der Waals surface area contributed by atoms with Gasteiger partial charge in [-0.2, -0.15) is 11.8 Å². The fourth-order valence-electron chi connectivity index (χ4n) is 3.43. The molecular formula is C14H25NO2S. The molecule has 0 aromatic rings. The number of likely N-dealkylation sites (tertiary alicyclic amines) is 1. The third-order valence-electron chi connectivity index (χ3n) is 4.90. The molecule has 18 heavy (non-hydrogen) atoms. The monoisotopic (exact) mass is 271 g/mol. The molecule has 4 heteroatoms. The Hall–Kier alpha value is -0.220. The Kier molecular flexibility index (Phi) is 4.27. The van der Waals surface area contributed by atoms with E-state index in [9.17, 15) is 9.90 Å². The Balaban J connectivity index is 2.08. The molecule has 0 amide bonds. The molecule has 2 fully saturated rings. The molecule has 2 saturated heterocycles. The first kappa shape index (κ1) is 14.2. The lowest BCUT2D eigenvalue weighted by Crippen LogP contribution is -2.45. The van der Waals surface area contributed by atoms with Crippen LogP contribution in [0, 0.1) is 11.3 Å². The van der Waals surface area contributed by atoms with Gasteiger partial charge in [0, 0.05) is 17.8 Å². The summed E-state index contributed by atoms with van der Waals surface area (Å²) in [6.45, 7) is 8.10. The summed E-state index contributed by atoms with van der Waals surface area (Å²) >= 11 is 2.04. The number of hydrogen-bond donors (Lipinski definition) is 1. The third kappa shape index (κ3) is 2.42. The van der Waals surface area contributed by atoms with Crippen LogP contribution in [-0.4, -0.2) is 46.1 Å². The lowest BCUT2D eigenvalue weighted by molar-refractivity contribution is -0.151. The maximum atomic E-state index is 11.6. The minimum atomic E-state index is -0.601. The minimum absolute atomic E-state index is 0.214. The number of carbonyl (C=O) groups is 1. The molecule has 0 aromatic heterocycles. The number of thioether (sulfide) groups is 1. The van der Waals surface area contributed by atoms with E-state index in [1.807, 2.05) is 11.8 Å². The van der Waals surface area contributed by atoms with E-state index < -0.39 is 11.4 Å². The van der Waals surface area contributed by atoms with Crippen LogP contribution < -0.4 is 0 Å². The number of hydrogen-bond acceptors (Lipinski definition) is 3. The number of aliphatic carboxylic acids is 1. The first-order valence-corrected chi connectivity index (χ1v) is 8.11. The second-order valence-corrected chi connectivity index (χ2v) is 7.61. The minimum Gasteiger partial charge on any atom is -0.481 e. The van der Waals surface area contributed by atoms with E-state index in [1.165, 1.54) is 18.6 Å². The summed E-state index contributed by atoms with van der Waals surface area (Å²) in [6.07, 6.45) is 3.33. The van der Waals surface area contributed by atoms with Gasteiger partial charge >= 0.3 is 5.97 Å². The summed E-state index contributed by atoms with van der Waals surface area (Å²) in [5.41, 5.74) is -0.512. The average Bonchev–Trinajstić information content (AvgIpc) is 2.75. The van der Waals surface area contributed by atoms with Crippen molar-refractivity contribution in [3.8, 4) is 0 Å². The predicted octanol–water partition coefficient (Wildman–Crippen LogP) is 2.70. The van der Waals surface area contributed by atoms with Crippen LogP contribution in [0.4, 0.5) is 0 Å². The SMILES string of the molecule is CC1SCCCC1N1CCC(C(=O)O)(C(C)C)C1. The van der Waals surface area contributed by atoms with Crippen molar-refractivity contribution < 1.29 is 9.90 Å². The molecule has 2 aliphatic heterocycles. The molecule has 1 N–H and O–H groups in total. The molecule has 3 atom stereocenters. The van der Waals surface area contributed by atoms with Crippen LogP contribution in [-0.2, 0) is 4.79 Å². The van der Waals surface area contributed by atoms with Crippen molar-refractivity contribution in [2.75, 3.05) is 18.8 Å². The van der Waals surface area contributed by atoms with Crippen molar-refractivity contribution in [1.29, 1.82) is 0 Å². The van der Waals surface area contributed by atoms with Crippen molar-refractivity contribution >= 4 is 17.7 Å². The van der Waals surface area contributed by atoms with Crippen molar-refractivity contribution in [3.05, 3.63) is 0 Å². The van der Waals surface area contributed by atoms with Crippen LogP contribution in [0.25, 0.3) is 0 Å². The molecule has 0 radical (unpaired) electrons. The summed E-state index contributed by atoms with van der Waals surface area (Å²) in [5.74, 6) is 0.877. The van der Waals surface area contributed by atoms with E-state index in [-0.39, 0.29) is 5.92 Å². The lowest BCUT2D eigenvalue weighted by Gasteiger charge is -2.37. The van der Waals surface area contributed by atoms with Crippen LogP contribution in [0.5, 0.6) is 0 Å². The van der Waals surface area contributed by atoms with E-state index in [1.54, 1.807) is 0 Å². The zero-order chi connectivity index (χ0) is 13.3. The topological polar surface area (TPSA) is 40.5 Å². The van der Waals surface area contributed by atoms with Crippen molar-refractivity contribution in [2.45, 2.75) is 51.3 Å². The molecule has 104 valence electrons. The van der Waals surface area contributed by atoms with Gasteiger partial charge in [0.05, 0.1) is 5.41 Å². The molecule has 3 unspecified atom stereocenters. The van der Waals surface area contributed by atoms with Gasteiger partial charge in [-0.25, -0.2) is 0 Å². The summed E-state index contributed by atoms with van der Waals surface area (Å²) < 4.78 is 0. The molecule has 2 rings (SSSR count). The fraction of sp³-hybridized carbons (Fsp3) is 0.929. The van der Waals surface area contributed by atoms with Gasteiger partial charge in [0.25, 0.3) is 0 Å². The van der Waals surface area contributed by atoms with Gasteiger partial charge in [-0.3, -0.25) is 9.69 Å². The molecular weight excluding hydrogens is 246 g/mol. The first-order chi connectivity index (χ1) is 8.47. The van der Waals surface area contributed by atoms with Gasteiger partial charge in [-0.1, -0.05) is 20.8 Å². The predicted molar refractivity (Wildman–Crippen MR) is 76.0 cm³/mol. The van der Waals surface area contributed by atoms with Crippen LogP contribution >= 0.6 is 11.8 Å². The van der Waals surface area contributed by atoms with Crippen LogP contribution in [0.3, 0.4) is 0 Å². The zero-order valence-corrected chi connectivity index (χ0v) is 12.5. The fourth-order valence-corrected chi connectivity index (χ4v) is 4.66. The van der Waals surface area contributed by atoms with Gasteiger partial charge in [0.1, 0.15) is 0 Å². The Bertz CT molecular complexity index is 321. The normalized spacial score (nSPS) is 38.2. The van der Waals surface area contributed by atoms with E-state index in [2.05, 4.69) is 25.7 Å². The highest BCUT2D eigenvalue weighted by Gasteiger charge is 2.49. The molecule has 2 heterocycles. The Labute approximate surface area is 114 Å². The lowest BCUT2D eigenvalue weighted by atomic mass is 9.76. The van der Waals surface area contributed by atoms with Crippen LogP contribution in [0.1, 0.15) is 40.0 Å². The third-order valence-corrected chi connectivity index (χ3v) is 6.26. The molecule has 0 bridgehead atoms. The Morgan fingerprint density at radius 2 is 2.22 bits per heavy atom. The van der Waals surface area contributed by atoms with E-state index >= 15 is 0 Å². The molecule has 2 aliphatic rings. The number of carboxylic acid groups (broad SMARTS) is 1. The van der Waals surface area contributed by atoms with E-state index in [0.29, 0.717) is 11.3 Å². The zero-order valence-electron chi connectivity index (χ0n) is 11.7. The van der Waals surface area contributed by atoms with Gasteiger partial charge in [-0.05, 0) is 37.5 Å². The molecule has 0 saturated carbocycles. The Morgan fingerprint density at radius 3 is 2.72 bits per heavy atom. The molecule has 0 spiro atoms. The van der Waals surface area contributed by atoms with Crippen molar-refractivity contribution in [2.24, 2.45) is 11.3 Å². The highest BCUT2D eigenvalue weighted by Crippen LogP contribution is 2.41. The average molecular weight is 271 g/mol. The number of nitrogens with zero attached hydrogens (tertiary/aromatic N) is 1. The summed E-state index contributed by atoms with van der Waals surface area (Å²) in [7, 11) is 0. The largest absolute Gasteiger partial charge is 0.481 e. The smallest absolute Gasteiger partial charge is 0.311 e. The summed E-state index contributed by atoms with van der Waals surface area (Å²) in [5, 5.41) is 10.2. The molecule has 0 aliphatic carbocycles. The maximum Gasteiger partial charge on any atom is 0.311 e. The second-order valence-electron chi connectivity index (χ2n) is 6.12. The van der Waals surface area contributed by atoms with E-state index in [4.69, 9.17) is 0 Å². The van der Waals surface area contributed by atoms with Gasteiger partial charge in [0.2, 0.25) is 0 Å². The van der Waals surface area contributed by atoms with Gasteiger partial charge in [0.15, 0.2) is 0 Å². The van der Waals surface area contributed by atoms with E-state index in [0.717, 1.165) is 19.5 Å². The van der Waals surface area contributed by atoms with Crippen LogP contribution in [0.15, 0.2) is 0 Å². The maximum absolute atomic E-state index is 11.6. The van der Waals surface area contributed by atoms with Crippen molar-refractivity contribution in [1.82, 2.24) is 4.90 Å². The number of carboxylic acids is 1. The highest BCUT2D eigenvalue weighted by molar-refractivity contribution is 7.99. The first-order valence-electron chi connectivity index (χ1n) is 7.06. The van der Waals surface area contributed by atoms with Gasteiger partial charge < -0.3 is 5.11 Å². The summed E-state index contributed by atoms with van der Waals surface area (Å²) in [6, 6.07) is 0.587. The summed E-state index contributed by atoms with van der Waals surface area (Å²) in [4.78, 5) is 14.1. The molecule has 0 aromatic carbocycles.